The van der Waals surface area contributed by atoms with Crippen LogP contribution in [0.2, 0.25) is 0 Å². The van der Waals surface area contributed by atoms with Crippen molar-refractivity contribution in [1.29, 1.82) is 0 Å². The Kier molecular flexibility index (Phi) is 4.17. The highest BCUT2D eigenvalue weighted by Gasteiger charge is 2.07. The third-order valence-electron chi connectivity index (χ3n) is 2.46. The van der Waals surface area contributed by atoms with E-state index >= 15 is 0 Å². The van der Waals surface area contributed by atoms with Crippen LogP contribution in [-0.4, -0.2) is 17.2 Å². The van der Waals surface area contributed by atoms with Gasteiger partial charge in [-0.1, -0.05) is 0 Å². The molecule has 1 aromatic heterocycles. The van der Waals surface area contributed by atoms with Crippen LogP contribution in [0.25, 0.3) is 0 Å². The first-order valence-electron chi connectivity index (χ1n) is 5.54. The minimum atomic E-state index is -0.0593. The van der Waals surface area contributed by atoms with Gasteiger partial charge >= 0.3 is 0 Å². The second-order valence-corrected chi connectivity index (χ2v) is 4.75. The molecule has 0 aliphatic rings. The van der Waals surface area contributed by atoms with Crippen LogP contribution in [0.5, 0.6) is 11.5 Å². The molecule has 0 aliphatic carbocycles. The summed E-state index contributed by atoms with van der Waals surface area (Å²) in [5.41, 5.74) is 1.73. The number of hydrogen-bond acceptors (Lipinski definition) is 5. The second-order valence-electron chi connectivity index (χ2n) is 3.80. The van der Waals surface area contributed by atoms with Gasteiger partial charge in [-0.3, -0.25) is 0 Å². The monoisotopic (exact) mass is 265 g/mol. The van der Waals surface area contributed by atoms with Gasteiger partial charge in [-0.25, -0.2) is 4.98 Å². The fraction of sp³-hybridized carbons (Fsp3) is 0.308. The molecule has 1 aromatic carbocycles. The van der Waals surface area contributed by atoms with Crippen molar-refractivity contribution in [1.82, 2.24) is 4.98 Å². The van der Waals surface area contributed by atoms with E-state index in [1.54, 1.807) is 36.6 Å². The predicted molar refractivity (Wildman–Crippen MR) is 70.1 cm³/mol. The minimum Gasteiger partial charge on any atom is -0.497 e. The molecule has 0 saturated heterocycles. The van der Waals surface area contributed by atoms with Crippen LogP contribution in [0, 0.1) is 6.92 Å². The molecule has 0 atom stereocenters. The zero-order valence-electron chi connectivity index (χ0n) is 10.3. The van der Waals surface area contributed by atoms with E-state index in [9.17, 15) is 5.11 Å². The largest absolute Gasteiger partial charge is 0.497 e. The number of hydrogen-bond donors (Lipinski definition) is 1. The molecule has 18 heavy (non-hydrogen) atoms. The quantitative estimate of drug-likeness (QED) is 0.902. The number of aryl methyl sites for hydroxylation is 1. The van der Waals surface area contributed by atoms with E-state index in [4.69, 9.17) is 9.47 Å². The second kappa shape index (κ2) is 5.84. The molecule has 2 aromatic rings. The predicted octanol–water partition coefficient (Wildman–Crippen LogP) is 2.53. The van der Waals surface area contributed by atoms with E-state index in [1.807, 2.05) is 12.3 Å². The van der Waals surface area contributed by atoms with Gasteiger partial charge in [0.2, 0.25) is 0 Å². The summed E-state index contributed by atoms with van der Waals surface area (Å²) in [5.74, 6) is 1.34. The number of ether oxygens (including phenoxy) is 2. The zero-order chi connectivity index (χ0) is 13.0. The van der Waals surface area contributed by atoms with Gasteiger partial charge in [0.25, 0.3) is 0 Å². The molecule has 2 rings (SSSR count). The third-order valence-corrected chi connectivity index (χ3v) is 3.40. The number of thiazole rings is 1. The molecule has 1 N–H and O–H groups in total. The Morgan fingerprint density at radius 2 is 2.22 bits per heavy atom. The van der Waals surface area contributed by atoms with Crippen molar-refractivity contribution in [3.63, 3.8) is 0 Å². The Morgan fingerprint density at radius 1 is 1.39 bits per heavy atom. The first kappa shape index (κ1) is 12.9. The van der Waals surface area contributed by atoms with E-state index in [-0.39, 0.29) is 6.61 Å². The molecular weight excluding hydrogens is 250 g/mol. The van der Waals surface area contributed by atoms with E-state index in [0.29, 0.717) is 18.1 Å². The lowest BCUT2D eigenvalue weighted by Crippen LogP contribution is -1.99. The van der Waals surface area contributed by atoms with Crippen LogP contribution in [0.3, 0.4) is 0 Å². The van der Waals surface area contributed by atoms with Crippen LogP contribution in [0.15, 0.2) is 23.6 Å². The van der Waals surface area contributed by atoms with Crippen LogP contribution in [0.1, 0.15) is 16.3 Å². The molecule has 0 unspecified atom stereocenters. The van der Waals surface area contributed by atoms with Crippen molar-refractivity contribution in [2.24, 2.45) is 0 Å². The fourth-order valence-corrected chi connectivity index (χ4v) is 2.22. The standard InChI is InChI=1S/C13H15NO3S/c1-9-8-18-13(14-9)7-17-12-5-11(16-2)4-3-10(12)6-15/h3-5,8,15H,6-7H2,1-2H3. The van der Waals surface area contributed by atoms with Crippen molar-refractivity contribution in [3.05, 3.63) is 39.8 Å². The fourth-order valence-electron chi connectivity index (χ4n) is 1.54. The molecule has 0 spiro atoms. The van der Waals surface area contributed by atoms with Crippen molar-refractivity contribution >= 4 is 11.3 Å². The van der Waals surface area contributed by atoms with Gasteiger partial charge in [0.05, 0.1) is 13.7 Å². The molecule has 0 fully saturated rings. The lowest BCUT2D eigenvalue weighted by molar-refractivity contribution is 0.257. The molecular formula is C13H15NO3S. The van der Waals surface area contributed by atoms with Crippen molar-refractivity contribution in [2.45, 2.75) is 20.1 Å². The highest BCUT2D eigenvalue weighted by atomic mass is 32.1. The summed E-state index contributed by atoms with van der Waals surface area (Å²) in [4.78, 5) is 4.32. The van der Waals surface area contributed by atoms with Gasteiger partial charge in [0.15, 0.2) is 0 Å². The van der Waals surface area contributed by atoms with Crippen LogP contribution >= 0.6 is 11.3 Å². The molecule has 0 radical (unpaired) electrons. The Bertz CT molecular complexity index is 525. The summed E-state index contributed by atoms with van der Waals surface area (Å²) in [6, 6.07) is 5.36. The van der Waals surface area contributed by atoms with E-state index < -0.39 is 0 Å². The number of aliphatic hydroxyl groups is 1. The number of aliphatic hydroxyl groups excluding tert-OH is 1. The van der Waals surface area contributed by atoms with Crippen molar-refractivity contribution in [2.75, 3.05) is 7.11 Å². The third kappa shape index (κ3) is 3.00. The number of benzene rings is 1. The molecule has 0 aliphatic heterocycles. The van der Waals surface area contributed by atoms with E-state index in [1.165, 1.54) is 0 Å². The molecule has 96 valence electrons. The van der Waals surface area contributed by atoms with Gasteiger partial charge in [0.1, 0.15) is 23.1 Å². The van der Waals surface area contributed by atoms with Crippen molar-refractivity contribution in [3.8, 4) is 11.5 Å². The van der Waals surface area contributed by atoms with Gasteiger partial charge in [-0.05, 0) is 19.1 Å². The normalized spacial score (nSPS) is 10.4. The highest BCUT2D eigenvalue weighted by Crippen LogP contribution is 2.26. The topological polar surface area (TPSA) is 51.6 Å². The summed E-state index contributed by atoms with van der Waals surface area (Å²) >= 11 is 1.56. The van der Waals surface area contributed by atoms with Crippen LogP contribution in [0.4, 0.5) is 0 Å². The Hall–Kier alpha value is -1.59. The van der Waals surface area contributed by atoms with Crippen LogP contribution in [-0.2, 0) is 13.2 Å². The van der Waals surface area contributed by atoms with Crippen molar-refractivity contribution < 1.29 is 14.6 Å². The smallest absolute Gasteiger partial charge is 0.140 e. The summed E-state index contributed by atoms with van der Waals surface area (Å²) in [5, 5.41) is 12.1. The van der Waals surface area contributed by atoms with Crippen LogP contribution < -0.4 is 9.47 Å². The molecule has 0 saturated carbocycles. The summed E-state index contributed by atoms with van der Waals surface area (Å²) < 4.78 is 10.8. The molecule has 1 heterocycles. The molecule has 4 nitrogen and oxygen atoms in total. The maximum absolute atomic E-state index is 9.25. The Morgan fingerprint density at radius 3 is 2.83 bits per heavy atom. The molecule has 0 amide bonds. The van der Waals surface area contributed by atoms with Gasteiger partial charge in [-0.2, -0.15) is 0 Å². The Balaban J connectivity index is 2.11. The molecule has 5 heteroatoms. The average molecular weight is 265 g/mol. The van der Waals surface area contributed by atoms with Gasteiger partial charge in [0, 0.05) is 22.7 Å². The first-order valence-corrected chi connectivity index (χ1v) is 6.42. The minimum absolute atomic E-state index is 0.0593. The number of nitrogens with zero attached hydrogens (tertiary/aromatic N) is 1. The zero-order valence-corrected chi connectivity index (χ0v) is 11.2. The molecule has 0 bridgehead atoms. The average Bonchev–Trinajstić information content (AvgIpc) is 2.81. The lowest BCUT2D eigenvalue weighted by atomic mass is 10.2. The summed E-state index contributed by atoms with van der Waals surface area (Å²) in [7, 11) is 1.60. The number of methoxy groups -OCH3 is 1. The van der Waals surface area contributed by atoms with E-state index in [2.05, 4.69) is 4.98 Å². The Labute approximate surface area is 110 Å². The van der Waals surface area contributed by atoms with E-state index in [0.717, 1.165) is 16.3 Å². The maximum atomic E-state index is 9.25. The SMILES string of the molecule is COc1ccc(CO)c(OCc2nc(C)cs2)c1. The maximum Gasteiger partial charge on any atom is 0.140 e. The number of aromatic nitrogens is 1. The summed E-state index contributed by atoms with van der Waals surface area (Å²) in [6.07, 6.45) is 0. The van der Waals surface area contributed by atoms with Gasteiger partial charge < -0.3 is 14.6 Å². The lowest BCUT2D eigenvalue weighted by Gasteiger charge is -2.10. The number of rotatable bonds is 5. The van der Waals surface area contributed by atoms with Gasteiger partial charge in [-0.15, -0.1) is 11.3 Å². The highest BCUT2D eigenvalue weighted by molar-refractivity contribution is 7.09. The first-order chi connectivity index (χ1) is 8.72. The summed E-state index contributed by atoms with van der Waals surface area (Å²) in [6.45, 7) is 2.29.